The SMILES string of the molecule is COC(=O)COc1ccc(/C=C2/SC(=O)N(Cc3cccc4ccccc34)C2=O)cc1OC. The quantitative estimate of drug-likeness (QED) is 0.373. The van der Waals surface area contributed by atoms with Crippen LogP contribution in [-0.2, 0) is 20.9 Å². The molecule has 3 aromatic rings. The fraction of sp³-hybridized carbons (Fsp3) is 0.160. The van der Waals surface area contributed by atoms with E-state index in [9.17, 15) is 14.4 Å². The molecule has 0 radical (unpaired) electrons. The normalized spacial score (nSPS) is 14.7. The second-order valence-corrected chi connectivity index (χ2v) is 8.17. The molecule has 0 aliphatic carbocycles. The van der Waals surface area contributed by atoms with Crippen molar-refractivity contribution >= 4 is 45.7 Å². The summed E-state index contributed by atoms with van der Waals surface area (Å²) >= 11 is 0.901. The molecular weight excluding hydrogens is 442 g/mol. The number of fused-ring (bicyclic) bond motifs is 1. The van der Waals surface area contributed by atoms with Crippen LogP contribution in [0.5, 0.6) is 11.5 Å². The van der Waals surface area contributed by atoms with Crippen LogP contribution in [-0.4, -0.2) is 42.8 Å². The third kappa shape index (κ3) is 4.85. The number of ether oxygens (including phenoxy) is 3. The minimum atomic E-state index is -0.513. The van der Waals surface area contributed by atoms with Gasteiger partial charge in [0.2, 0.25) is 0 Å². The molecule has 8 heteroatoms. The molecule has 0 atom stereocenters. The van der Waals surface area contributed by atoms with Crippen molar-refractivity contribution < 1.29 is 28.6 Å². The molecule has 33 heavy (non-hydrogen) atoms. The zero-order valence-corrected chi connectivity index (χ0v) is 18.9. The summed E-state index contributed by atoms with van der Waals surface area (Å²) in [7, 11) is 2.75. The monoisotopic (exact) mass is 463 g/mol. The van der Waals surface area contributed by atoms with Crippen molar-refractivity contribution in [2.75, 3.05) is 20.8 Å². The van der Waals surface area contributed by atoms with E-state index in [1.807, 2.05) is 42.5 Å². The maximum atomic E-state index is 13.0. The largest absolute Gasteiger partial charge is 0.493 e. The second-order valence-electron chi connectivity index (χ2n) is 7.18. The van der Waals surface area contributed by atoms with Crippen LogP contribution in [0.25, 0.3) is 16.8 Å². The highest BCUT2D eigenvalue weighted by molar-refractivity contribution is 8.18. The zero-order chi connectivity index (χ0) is 23.4. The number of imide groups is 1. The summed E-state index contributed by atoms with van der Waals surface area (Å²) in [4.78, 5) is 38.5. The molecule has 1 heterocycles. The number of nitrogens with zero attached hydrogens (tertiary/aromatic N) is 1. The molecule has 1 aliphatic heterocycles. The summed E-state index contributed by atoms with van der Waals surface area (Å²) in [6, 6.07) is 18.7. The Morgan fingerprint density at radius 2 is 1.79 bits per heavy atom. The van der Waals surface area contributed by atoms with Gasteiger partial charge in [-0.15, -0.1) is 0 Å². The van der Waals surface area contributed by atoms with Gasteiger partial charge in [-0.1, -0.05) is 48.5 Å². The average molecular weight is 464 g/mol. The molecule has 4 rings (SSSR count). The topological polar surface area (TPSA) is 82.1 Å². The van der Waals surface area contributed by atoms with Gasteiger partial charge in [0, 0.05) is 0 Å². The van der Waals surface area contributed by atoms with Crippen LogP contribution >= 0.6 is 11.8 Å². The minimum absolute atomic E-state index is 0.201. The first-order chi connectivity index (χ1) is 16.0. The van der Waals surface area contributed by atoms with E-state index in [4.69, 9.17) is 9.47 Å². The Labute approximate surface area is 194 Å². The average Bonchev–Trinajstić information content (AvgIpc) is 3.10. The maximum Gasteiger partial charge on any atom is 0.343 e. The highest BCUT2D eigenvalue weighted by Crippen LogP contribution is 2.36. The van der Waals surface area contributed by atoms with E-state index in [-0.39, 0.29) is 24.3 Å². The summed E-state index contributed by atoms with van der Waals surface area (Å²) in [6.45, 7) is -0.0494. The summed E-state index contributed by atoms with van der Waals surface area (Å²) in [5.74, 6) is -0.101. The standard InChI is InChI=1S/C25H21NO6S/c1-30-21-12-16(10-11-20(21)32-15-23(27)31-2)13-22-24(28)26(25(29)33-22)14-18-8-5-7-17-6-3-4-9-19(17)18/h3-13H,14-15H2,1-2H3/b22-13+. The van der Waals surface area contributed by atoms with Crippen LogP contribution in [0.15, 0.2) is 65.6 Å². The molecular formula is C25H21NO6S. The lowest BCUT2D eigenvalue weighted by Gasteiger charge is -2.14. The van der Waals surface area contributed by atoms with Gasteiger partial charge in [-0.2, -0.15) is 0 Å². The third-order valence-electron chi connectivity index (χ3n) is 5.14. The van der Waals surface area contributed by atoms with Gasteiger partial charge in [-0.25, -0.2) is 4.79 Å². The van der Waals surface area contributed by atoms with E-state index < -0.39 is 5.97 Å². The van der Waals surface area contributed by atoms with Crippen molar-refractivity contribution in [3.8, 4) is 11.5 Å². The lowest BCUT2D eigenvalue weighted by Crippen LogP contribution is -2.27. The fourth-order valence-corrected chi connectivity index (χ4v) is 4.32. The number of esters is 1. The molecule has 168 valence electrons. The van der Waals surface area contributed by atoms with Crippen molar-refractivity contribution in [2.45, 2.75) is 6.54 Å². The number of hydrogen-bond donors (Lipinski definition) is 0. The molecule has 2 amide bonds. The Balaban J connectivity index is 1.54. The first kappa shape index (κ1) is 22.4. The fourth-order valence-electron chi connectivity index (χ4n) is 3.48. The lowest BCUT2D eigenvalue weighted by atomic mass is 10.0. The van der Waals surface area contributed by atoms with Crippen molar-refractivity contribution in [3.05, 3.63) is 76.7 Å². The van der Waals surface area contributed by atoms with Gasteiger partial charge in [0.1, 0.15) is 0 Å². The molecule has 7 nitrogen and oxygen atoms in total. The number of rotatable bonds is 7. The predicted molar refractivity (Wildman–Crippen MR) is 126 cm³/mol. The van der Waals surface area contributed by atoms with Gasteiger partial charge in [0.05, 0.1) is 25.7 Å². The first-order valence-electron chi connectivity index (χ1n) is 10.1. The van der Waals surface area contributed by atoms with E-state index in [1.54, 1.807) is 24.3 Å². The molecule has 3 aromatic carbocycles. The highest BCUT2D eigenvalue weighted by atomic mass is 32.2. The molecule has 1 fully saturated rings. The Hall–Kier alpha value is -3.78. The Kier molecular flexibility index (Phi) is 6.65. The van der Waals surface area contributed by atoms with Gasteiger partial charge in [0.15, 0.2) is 18.1 Å². The van der Waals surface area contributed by atoms with Crippen molar-refractivity contribution in [3.63, 3.8) is 0 Å². The van der Waals surface area contributed by atoms with Crippen LogP contribution in [0.2, 0.25) is 0 Å². The molecule has 0 saturated carbocycles. The number of methoxy groups -OCH3 is 2. The smallest absolute Gasteiger partial charge is 0.343 e. The number of benzene rings is 3. The van der Waals surface area contributed by atoms with Crippen LogP contribution in [0, 0.1) is 0 Å². The molecule has 1 aliphatic rings. The maximum absolute atomic E-state index is 13.0. The van der Waals surface area contributed by atoms with Crippen molar-refractivity contribution in [1.29, 1.82) is 0 Å². The number of carbonyl (C=O) groups is 3. The van der Waals surface area contributed by atoms with Gasteiger partial charge in [-0.05, 0) is 51.9 Å². The van der Waals surface area contributed by atoms with E-state index in [0.717, 1.165) is 28.1 Å². The second kappa shape index (κ2) is 9.79. The van der Waals surface area contributed by atoms with Crippen LogP contribution in [0.3, 0.4) is 0 Å². The van der Waals surface area contributed by atoms with Gasteiger partial charge in [0.25, 0.3) is 11.1 Å². The van der Waals surface area contributed by atoms with Gasteiger partial charge >= 0.3 is 5.97 Å². The predicted octanol–water partition coefficient (Wildman–Crippen LogP) is 4.64. The molecule has 0 unspecified atom stereocenters. The van der Waals surface area contributed by atoms with Gasteiger partial charge < -0.3 is 14.2 Å². The van der Waals surface area contributed by atoms with E-state index in [1.165, 1.54) is 19.1 Å². The summed E-state index contributed by atoms with van der Waals surface area (Å²) in [5.41, 5.74) is 1.57. The number of hydrogen-bond acceptors (Lipinski definition) is 7. The molecule has 1 saturated heterocycles. The van der Waals surface area contributed by atoms with Crippen molar-refractivity contribution in [1.82, 2.24) is 4.90 Å². The number of thioether (sulfide) groups is 1. The minimum Gasteiger partial charge on any atom is -0.493 e. The summed E-state index contributed by atoms with van der Waals surface area (Å²) in [5, 5.41) is 1.75. The zero-order valence-electron chi connectivity index (χ0n) is 18.1. The molecule has 0 bridgehead atoms. The van der Waals surface area contributed by atoms with Gasteiger partial charge in [-0.3, -0.25) is 14.5 Å². The number of amides is 2. The van der Waals surface area contributed by atoms with Crippen LogP contribution < -0.4 is 9.47 Å². The lowest BCUT2D eigenvalue weighted by molar-refractivity contribution is -0.142. The third-order valence-corrected chi connectivity index (χ3v) is 6.05. The molecule has 0 spiro atoms. The Morgan fingerprint density at radius 3 is 2.58 bits per heavy atom. The number of carbonyl (C=O) groups excluding carboxylic acids is 3. The van der Waals surface area contributed by atoms with E-state index in [0.29, 0.717) is 22.0 Å². The first-order valence-corrected chi connectivity index (χ1v) is 10.9. The van der Waals surface area contributed by atoms with Crippen LogP contribution in [0.4, 0.5) is 4.79 Å². The van der Waals surface area contributed by atoms with E-state index in [2.05, 4.69) is 4.74 Å². The molecule has 0 aromatic heterocycles. The summed E-state index contributed by atoms with van der Waals surface area (Å²) < 4.78 is 15.3. The highest BCUT2D eigenvalue weighted by Gasteiger charge is 2.35. The Bertz CT molecular complexity index is 1260. The Morgan fingerprint density at radius 1 is 1.00 bits per heavy atom. The van der Waals surface area contributed by atoms with Crippen molar-refractivity contribution in [2.24, 2.45) is 0 Å². The van der Waals surface area contributed by atoms with E-state index >= 15 is 0 Å². The molecule has 0 N–H and O–H groups in total. The summed E-state index contributed by atoms with van der Waals surface area (Å²) in [6.07, 6.45) is 1.64. The van der Waals surface area contributed by atoms with Crippen LogP contribution in [0.1, 0.15) is 11.1 Å².